The summed E-state index contributed by atoms with van der Waals surface area (Å²) in [4.78, 5) is 17.0. The van der Waals surface area contributed by atoms with Crippen LogP contribution in [0.4, 0.5) is 5.69 Å². The summed E-state index contributed by atoms with van der Waals surface area (Å²) in [6.07, 6.45) is -0.487. The van der Waals surface area contributed by atoms with E-state index in [4.69, 9.17) is 9.47 Å². The third-order valence-corrected chi connectivity index (χ3v) is 4.88. The van der Waals surface area contributed by atoms with E-state index in [-0.39, 0.29) is 5.91 Å². The molecule has 0 N–H and O–H groups in total. The van der Waals surface area contributed by atoms with Crippen LogP contribution in [0.25, 0.3) is 0 Å². The molecule has 27 heavy (non-hydrogen) atoms. The normalized spacial score (nSPS) is 15.4. The van der Waals surface area contributed by atoms with E-state index in [0.29, 0.717) is 13.1 Å². The standard InChI is InChI=1S/C22H28N2O3/c1-16-13-17(2)15-21(14-16)27-18(3)22(25)24-11-9-23(10-12-24)19-5-7-20(26-4)8-6-19/h5-8,13-15,18H,9-12H2,1-4H3/t18-/m0/s1. The van der Waals surface area contributed by atoms with Gasteiger partial charge in [0.05, 0.1) is 7.11 Å². The van der Waals surface area contributed by atoms with Crippen molar-refractivity contribution < 1.29 is 14.3 Å². The van der Waals surface area contributed by atoms with Gasteiger partial charge in [-0.1, -0.05) is 6.07 Å². The Hall–Kier alpha value is -2.69. The lowest BCUT2D eigenvalue weighted by Gasteiger charge is -2.37. The number of carbonyl (C=O) groups excluding carboxylic acids is 1. The highest BCUT2D eigenvalue weighted by molar-refractivity contribution is 5.81. The molecule has 1 amide bonds. The number of hydrogen-bond acceptors (Lipinski definition) is 4. The molecule has 1 saturated heterocycles. The van der Waals surface area contributed by atoms with E-state index in [1.54, 1.807) is 7.11 Å². The van der Waals surface area contributed by atoms with Gasteiger partial charge in [-0.3, -0.25) is 4.79 Å². The summed E-state index contributed by atoms with van der Waals surface area (Å²) < 4.78 is 11.1. The molecule has 3 rings (SSSR count). The van der Waals surface area contributed by atoms with Crippen molar-refractivity contribution in [3.63, 3.8) is 0 Å². The van der Waals surface area contributed by atoms with Gasteiger partial charge >= 0.3 is 0 Å². The zero-order valence-corrected chi connectivity index (χ0v) is 16.6. The second kappa shape index (κ2) is 8.33. The van der Waals surface area contributed by atoms with E-state index in [1.165, 1.54) is 0 Å². The molecule has 5 nitrogen and oxygen atoms in total. The average Bonchev–Trinajstić information content (AvgIpc) is 2.67. The lowest BCUT2D eigenvalue weighted by atomic mass is 10.1. The molecule has 0 aromatic heterocycles. The Morgan fingerprint density at radius 2 is 1.52 bits per heavy atom. The number of anilines is 1. The summed E-state index contributed by atoms with van der Waals surface area (Å²) >= 11 is 0. The van der Waals surface area contributed by atoms with Crippen LogP contribution in [0.15, 0.2) is 42.5 Å². The topological polar surface area (TPSA) is 42.0 Å². The predicted molar refractivity (Wildman–Crippen MR) is 108 cm³/mol. The van der Waals surface area contributed by atoms with E-state index in [9.17, 15) is 4.79 Å². The first-order chi connectivity index (χ1) is 13.0. The molecule has 1 heterocycles. The van der Waals surface area contributed by atoms with Crippen molar-refractivity contribution in [2.24, 2.45) is 0 Å². The number of amides is 1. The first-order valence-corrected chi connectivity index (χ1v) is 9.39. The number of hydrogen-bond donors (Lipinski definition) is 0. The molecule has 1 atom stereocenters. The molecule has 0 aliphatic carbocycles. The van der Waals surface area contributed by atoms with E-state index >= 15 is 0 Å². The molecule has 0 unspecified atom stereocenters. The number of methoxy groups -OCH3 is 1. The molecule has 2 aromatic carbocycles. The molecule has 0 bridgehead atoms. The summed E-state index contributed by atoms with van der Waals surface area (Å²) in [5, 5.41) is 0. The molecular weight excluding hydrogens is 340 g/mol. The molecule has 1 aliphatic heterocycles. The van der Waals surface area contributed by atoms with E-state index in [1.807, 2.05) is 49.9 Å². The molecular formula is C22H28N2O3. The van der Waals surface area contributed by atoms with Gasteiger partial charge in [0, 0.05) is 31.9 Å². The number of piperazine rings is 1. The van der Waals surface area contributed by atoms with Gasteiger partial charge in [-0.15, -0.1) is 0 Å². The van der Waals surface area contributed by atoms with Crippen LogP contribution >= 0.6 is 0 Å². The van der Waals surface area contributed by atoms with E-state index in [0.717, 1.165) is 41.4 Å². The Balaban J connectivity index is 1.55. The summed E-state index contributed by atoms with van der Waals surface area (Å²) in [5.41, 5.74) is 3.43. The maximum atomic E-state index is 12.8. The van der Waals surface area contributed by atoms with Crippen LogP contribution in [0.2, 0.25) is 0 Å². The molecule has 0 spiro atoms. The zero-order chi connectivity index (χ0) is 19.4. The van der Waals surface area contributed by atoms with Crippen LogP contribution < -0.4 is 14.4 Å². The lowest BCUT2D eigenvalue weighted by Crippen LogP contribution is -2.52. The Morgan fingerprint density at radius 1 is 0.926 bits per heavy atom. The highest BCUT2D eigenvalue weighted by Gasteiger charge is 2.26. The first kappa shape index (κ1) is 19.1. The summed E-state index contributed by atoms with van der Waals surface area (Å²) in [6, 6.07) is 14.1. The van der Waals surface area contributed by atoms with Gasteiger partial charge in [0.15, 0.2) is 6.10 Å². The minimum absolute atomic E-state index is 0.0449. The fraction of sp³-hybridized carbons (Fsp3) is 0.409. The smallest absolute Gasteiger partial charge is 0.263 e. The number of ether oxygens (including phenoxy) is 2. The molecule has 0 radical (unpaired) electrons. The van der Waals surface area contributed by atoms with Gasteiger partial charge in [0.25, 0.3) is 5.91 Å². The van der Waals surface area contributed by atoms with Gasteiger partial charge in [-0.2, -0.15) is 0 Å². The number of aryl methyl sites for hydroxylation is 2. The monoisotopic (exact) mass is 368 g/mol. The summed E-state index contributed by atoms with van der Waals surface area (Å²) in [7, 11) is 1.67. The minimum atomic E-state index is -0.487. The molecule has 144 valence electrons. The van der Waals surface area contributed by atoms with Crippen LogP contribution in [0.3, 0.4) is 0 Å². The Morgan fingerprint density at radius 3 is 2.07 bits per heavy atom. The summed E-state index contributed by atoms with van der Waals surface area (Å²) in [6.45, 7) is 8.92. The van der Waals surface area contributed by atoms with Crippen LogP contribution in [0, 0.1) is 13.8 Å². The largest absolute Gasteiger partial charge is 0.497 e. The predicted octanol–water partition coefficient (Wildman–Crippen LogP) is 3.43. The highest BCUT2D eigenvalue weighted by atomic mass is 16.5. The molecule has 0 saturated carbocycles. The second-order valence-corrected chi connectivity index (χ2v) is 7.09. The third-order valence-electron chi connectivity index (χ3n) is 4.88. The van der Waals surface area contributed by atoms with E-state index < -0.39 is 6.10 Å². The summed E-state index contributed by atoms with van der Waals surface area (Å²) in [5.74, 6) is 1.65. The van der Waals surface area contributed by atoms with Gasteiger partial charge in [0.1, 0.15) is 11.5 Å². The zero-order valence-electron chi connectivity index (χ0n) is 16.6. The van der Waals surface area contributed by atoms with Crippen molar-refractivity contribution in [1.29, 1.82) is 0 Å². The first-order valence-electron chi connectivity index (χ1n) is 9.39. The van der Waals surface area contributed by atoms with Gasteiger partial charge < -0.3 is 19.3 Å². The maximum Gasteiger partial charge on any atom is 0.263 e. The van der Waals surface area contributed by atoms with Gasteiger partial charge in [-0.05, 0) is 68.3 Å². The Labute approximate surface area is 161 Å². The van der Waals surface area contributed by atoms with Crippen LogP contribution in [0.5, 0.6) is 11.5 Å². The van der Waals surface area contributed by atoms with Crippen molar-refractivity contribution in [3.8, 4) is 11.5 Å². The molecule has 2 aromatic rings. The Bertz CT molecular complexity index is 760. The van der Waals surface area contributed by atoms with Crippen molar-refractivity contribution in [2.45, 2.75) is 26.9 Å². The van der Waals surface area contributed by atoms with Crippen molar-refractivity contribution in [3.05, 3.63) is 53.6 Å². The fourth-order valence-corrected chi connectivity index (χ4v) is 3.49. The lowest BCUT2D eigenvalue weighted by molar-refractivity contribution is -0.138. The number of nitrogens with zero attached hydrogens (tertiary/aromatic N) is 2. The molecule has 1 fully saturated rings. The fourth-order valence-electron chi connectivity index (χ4n) is 3.49. The molecule has 1 aliphatic rings. The number of rotatable bonds is 5. The second-order valence-electron chi connectivity index (χ2n) is 7.09. The van der Waals surface area contributed by atoms with Gasteiger partial charge in [0.2, 0.25) is 0 Å². The van der Waals surface area contributed by atoms with E-state index in [2.05, 4.69) is 23.1 Å². The highest BCUT2D eigenvalue weighted by Crippen LogP contribution is 2.22. The van der Waals surface area contributed by atoms with Crippen LogP contribution in [-0.4, -0.2) is 50.2 Å². The maximum absolute atomic E-state index is 12.8. The number of benzene rings is 2. The third kappa shape index (κ3) is 4.73. The Kier molecular flexibility index (Phi) is 5.89. The average molecular weight is 368 g/mol. The minimum Gasteiger partial charge on any atom is -0.497 e. The van der Waals surface area contributed by atoms with Crippen LogP contribution in [-0.2, 0) is 4.79 Å². The van der Waals surface area contributed by atoms with Crippen molar-refractivity contribution in [2.75, 3.05) is 38.2 Å². The van der Waals surface area contributed by atoms with Crippen molar-refractivity contribution in [1.82, 2.24) is 4.90 Å². The van der Waals surface area contributed by atoms with Gasteiger partial charge in [-0.25, -0.2) is 0 Å². The SMILES string of the molecule is COc1ccc(N2CCN(C(=O)[C@H](C)Oc3cc(C)cc(C)c3)CC2)cc1. The molecule has 5 heteroatoms. The quantitative estimate of drug-likeness (QED) is 0.811. The van der Waals surface area contributed by atoms with Crippen LogP contribution in [0.1, 0.15) is 18.1 Å². The number of carbonyl (C=O) groups is 1. The van der Waals surface area contributed by atoms with Crippen molar-refractivity contribution >= 4 is 11.6 Å².